The van der Waals surface area contributed by atoms with Crippen LogP contribution in [-0.4, -0.2) is 74.7 Å². The Hall–Kier alpha value is -4.51. The van der Waals surface area contributed by atoms with Crippen molar-refractivity contribution in [3.8, 4) is 22.7 Å². The predicted molar refractivity (Wildman–Crippen MR) is 165 cm³/mol. The molecule has 0 saturated carbocycles. The van der Waals surface area contributed by atoms with Crippen molar-refractivity contribution >= 4 is 40.0 Å². The molecule has 12 heteroatoms. The van der Waals surface area contributed by atoms with Crippen LogP contribution in [-0.2, 0) is 4.79 Å². The third-order valence-corrected chi connectivity index (χ3v) is 8.54. The zero-order chi connectivity index (χ0) is 30.7. The van der Waals surface area contributed by atoms with Crippen LogP contribution < -0.4 is 15.5 Å². The van der Waals surface area contributed by atoms with E-state index in [-0.39, 0.29) is 45.5 Å². The van der Waals surface area contributed by atoms with Crippen molar-refractivity contribution in [2.75, 3.05) is 43.0 Å². The van der Waals surface area contributed by atoms with Gasteiger partial charge in [0.1, 0.15) is 23.1 Å². The van der Waals surface area contributed by atoms with Crippen LogP contribution in [0.1, 0.15) is 31.0 Å². The van der Waals surface area contributed by atoms with Crippen LogP contribution in [0.5, 0.6) is 5.75 Å². The molecule has 222 valence electrons. The number of likely N-dealkylation sites (N-methyl/N-ethyl adjacent to an activating group) is 1. The maximum Gasteiger partial charge on any atom is 0.355 e. The van der Waals surface area contributed by atoms with Crippen LogP contribution in [0.3, 0.4) is 0 Å². The summed E-state index contributed by atoms with van der Waals surface area (Å²) in [4.78, 5) is 46.4. The van der Waals surface area contributed by atoms with E-state index in [9.17, 15) is 14.7 Å². The number of nitrogens with zero attached hydrogens (tertiary/aromatic N) is 7. The van der Waals surface area contributed by atoms with Gasteiger partial charge < -0.3 is 19.8 Å². The van der Waals surface area contributed by atoms with Gasteiger partial charge in [0.25, 0.3) is 0 Å². The van der Waals surface area contributed by atoms with E-state index in [4.69, 9.17) is 16.6 Å². The fraction of sp³-hybridized carbons (Fsp3) is 0.323. The molecule has 6 rings (SSSR count). The number of fused-ring (bicyclic) bond motifs is 2. The highest BCUT2D eigenvalue weighted by Crippen LogP contribution is 2.47. The molecule has 0 spiro atoms. The lowest BCUT2D eigenvalue weighted by molar-refractivity contribution is -0.126. The number of phenols is 1. The summed E-state index contributed by atoms with van der Waals surface area (Å²) in [6.07, 6.45) is 2.98. The number of anilines is 2. The molecule has 10 nitrogen and oxygen atoms in total. The topological polar surface area (TPSA) is 108 Å². The highest BCUT2D eigenvalue weighted by Gasteiger charge is 2.38. The summed E-state index contributed by atoms with van der Waals surface area (Å²) in [5, 5.41) is 11.4. The van der Waals surface area contributed by atoms with Gasteiger partial charge in [-0.1, -0.05) is 38.1 Å². The standard InChI is InChI=1S/C31H31ClFN7O3/c1-6-21(42)38-12-13-39-18(15-38)14-37(5)28-23-29(39)36-31(43)40(27-17(4)10-11-34-25(27)16(2)3)30(23)35-26(24(28)32)22-19(33)8-7-9-20(22)41/h6-11,16,18,41H,1,12-15H2,2-5H3. The molecule has 4 aromatic rings. The Labute approximate surface area is 252 Å². The van der Waals surface area contributed by atoms with E-state index in [0.29, 0.717) is 54.5 Å². The third kappa shape index (κ3) is 4.50. The molecule has 1 unspecified atom stereocenters. The number of hydrogen-bond donors (Lipinski definition) is 1. The molecule has 1 amide bonds. The van der Waals surface area contributed by atoms with Crippen LogP contribution >= 0.6 is 11.6 Å². The van der Waals surface area contributed by atoms with E-state index >= 15 is 4.39 Å². The second-order valence-corrected chi connectivity index (χ2v) is 11.6. The lowest BCUT2D eigenvalue weighted by Crippen LogP contribution is -2.57. The average Bonchev–Trinajstić information content (AvgIpc) is 3.08. The van der Waals surface area contributed by atoms with Crippen LogP contribution in [0.15, 0.2) is 47.9 Å². The first-order valence-corrected chi connectivity index (χ1v) is 14.4. The highest BCUT2D eigenvalue weighted by atomic mass is 35.5. The van der Waals surface area contributed by atoms with Gasteiger partial charge in [0.15, 0.2) is 5.65 Å². The number of hydrogen-bond acceptors (Lipinski definition) is 8. The minimum atomic E-state index is -0.711. The van der Waals surface area contributed by atoms with Gasteiger partial charge in [-0.2, -0.15) is 4.98 Å². The normalized spacial score (nSPS) is 16.4. The number of carbonyl (C=O) groups excluding carboxylic acids is 1. The summed E-state index contributed by atoms with van der Waals surface area (Å²) in [6.45, 7) is 11.1. The molecular formula is C31H31ClFN7O3. The van der Waals surface area contributed by atoms with E-state index in [2.05, 4.69) is 16.5 Å². The lowest BCUT2D eigenvalue weighted by Gasteiger charge is -2.41. The van der Waals surface area contributed by atoms with Gasteiger partial charge >= 0.3 is 5.69 Å². The third-order valence-electron chi connectivity index (χ3n) is 8.18. The summed E-state index contributed by atoms with van der Waals surface area (Å²) in [6, 6.07) is 5.54. The fourth-order valence-electron chi connectivity index (χ4n) is 6.19. The second-order valence-electron chi connectivity index (χ2n) is 11.2. The Balaban J connectivity index is 1.75. The van der Waals surface area contributed by atoms with Gasteiger partial charge in [0.2, 0.25) is 5.91 Å². The Morgan fingerprint density at radius 3 is 2.65 bits per heavy atom. The molecule has 1 fully saturated rings. The van der Waals surface area contributed by atoms with E-state index in [1.54, 1.807) is 11.1 Å². The number of pyridine rings is 2. The van der Waals surface area contributed by atoms with Crippen molar-refractivity contribution in [2.24, 2.45) is 0 Å². The second kappa shape index (κ2) is 10.6. The Bertz CT molecular complexity index is 1850. The maximum absolute atomic E-state index is 15.3. The van der Waals surface area contributed by atoms with E-state index in [0.717, 1.165) is 5.56 Å². The quantitative estimate of drug-likeness (QED) is 0.342. The molecule has 2 aliphatic heterocycles. The van der Waals surface area contributed by atoms with Crippen molar-refractivity contribution in [3.05, 3.63) is 75.7 Å². The van der Waals surface area contributed by atoms with E-state index in [1.165, 1.54) is 28.8 Å². The minimum Gasteiger partial charge on any atom is -0.507 e. The first-order valence-electron chi connectivity index (χ1n) is 14.0. The summed E-state index contributed by atoms with van der Waals surface area (Å²) >= 11 is 7.08. The highest BCUT2D eigenvalue weighted by molar-refractivity contribution is 6.38. The SMILES string of the molecule is C=CC(=O)N1CCN2c3nc(=O)n(-c4c(C)ccnc4C(C)C)c4nc(-c5c(O)cccc5F)c(Cl)c(c34)N(C)CC2C1. The Morgan fingerprint density at radius 2 is 1.95 bits per heavy atom. The first-order chi connectivity index (χ1) is 20.5. The molecule has 1 N–H and O–H groups in total. The number of rotatable bonds is 4. The van der Waals surface area contributed by atoms with Crippen molar-refractivity contribution < 1.29 is 14.3 Å². The average molecular weight is 604 g/mol. The van der Waals surface area contributed by atoms with Crippen molar-refractivity contribution in [1.82, 2.24) is 24.4 Å². The molecule has 0 radical (unpaired) electrons. The molecule has 0 bridgehead atoms. The van der Waals surface area contributed by atoms with Crippen molar-refractivity contribution in [1.29, 1.82) is 0 Å². The van der Waals surface area contributed by atoms with Gasteiger partial charge in [0, 0.05) is 39.4 Å². The Morgan fingerprint density at radius 1 is 1.19 bits per heavy atom. The van der Waals surface area contributed by atoms with Crippen LogP contribution in [0.2, 0.25) is 5.02 Å². The number of piperazine rings is 1. The van der Waals surface area contributed by atoms with E-state index < -0.39 is 11.5 Å². The number of aromatic nitrogens is 4. The van der Waals surface area contributed by atoms with Gasteiger partial charge in [0.05, 0.1) is 39.1 Å². The zero-order valence-electron chi connectivity index (χ0n) is 24.3. The molecule has 43 heavy (non-hydrogen) atoms. The summed E-state index contributed by atoms with van der Waals surface area (Å²) in [7, 11) is 1.84. The predicted octanol–water partition coefficient (Wildman–Crippen LogP) is 4.43. The monoisotopic (exact) mass is 603 g/mol. The lowest BCUT2D eigenvalue weighted by atomic mass is 10.0. The van der Waals surface area contributed by atoms with E-state index in [1.807, 2.05) is 43.7 Å². The number of carbonyl (C=O) groups is 1. The molecule has 0 aliphatic carbocycles. The molecular weight excluding hydrogens is 573 g/mol. The van der Waals surface area contributed by atoms with Crippen LogP contribution in [0, 0.1) is 12.7 Å². The number of phenolic OH excluding ortho intramolecular Hbond substituents is 1. The number of aryl methyl sites for hydroxylation is 1. The molecule has 1 saturated heterocycles. The van der Waals surface area contributed by atoms with Gasteiger partial charge in [-0.3, -0.25) is 9.78 Å². The number of halogens is 2. The number of benzene rings is 1. The number of amides is 1. The molecule has 3 aromatic heterocycles. The van der Waals surface area contributed by atoms with Crippen LogP contribution in [0.25, 0.3) is 28.0 Å². The van der Waals surface area contributed by atoms with Crippen molar-refractivity contribution in [3.63, 3.8) is 0 Å². The summed E-state index contributed by atoms with van der Waals surface area (Å²) in [5.74, 6) is -0.884. The van der Waals surface area contributed by atoms with Gasteiger partial charge in [-0.25, -0.2) is 18.7 Å². The van der Waals surface area contributed by atoms with Gasteiger partial charge in [-0.05, 0) is 42.7 Å². The maximum atomic E-state index is 15.3. The molecule has 1 atom stereocenters. The summed E-state index contributed by atoms with van der Waals surface area (Å²) in [5.41, 5.74) is 1.92. The number of aromatic hydroxyl groups is 1. The van der Waals surface area contributed by atoms with Crippen LogP contribution in [0.4, 0.5) is 15.9 Å². The van der Waals surface area contributed by atoms with Gasteiger partial charge in [-0.15, -0.1) is 0 Å². The molecule has 5 heterocycles. The molecule has 2 aliphatic rings. The largest absolute Gasteiger partial charge is 0.507 e. The molecule has 1 aromatic carbocycles. The minimum absolute atomic E-state index is 0.00658. The fourth-order valence-corrected chi connectivity index (χ4v) is 6.56. The van der Waals surface area contributed by atoms with Crippen molar-refractivity contribution in [2.45, 2.75) is 32.7 Å². The first kappa shape index (κ1) is 28.6. The Kier molecular flexibility index (Phi) is 7.08. The summed E-state index contributed by atoms with van der Waals surface area (Å²) < 4.78 is 16.8. The smallest absolute Gasteiger partial charge is 0.355 e. The zero-order valence-corrected chi connectivity index (χ0v) is 25.1.